The predicted octanol–water partition coefficient (Wildman–Crippen LogP) is 3.31. The van der Waals surface area contributed by atoms with Crippen molar-refractivity contribution in [3.8, 4) is 11.5 Å². The zero-order valence-corrected chi connectivity index (χ0v) is 14.3. The minimum atomic E-state index is -0.413. The summed E-state index contributed by atoms with van der Waals surface area (Å²) in [7, 11) is 3.31. The number of rotatable bonds is 8. The number of benzene rings is 2. The second kappa shape index (κ2) is 7.24. The van der Waals surface area contributed by atoms with E-state index in [1.165, 1.54) is 0 Å². The number of hydrogen-bond donors (Lipinski definition) is 2. The van der Waals surface area contributed by atoms with Crippen molar-refractivity contribution in [3.05, 3.63) is 59.7 Å². The van der Waals surface area contributed by atoms with E-state index in [2.05, 4.69) is 5.32 Å². The molecule has 2 N–H and O–H groups in total. The molecule has 1 unspecified atom stereocenters. The third kappa shape index (κ3) is 3.55. The van der Waals surface area contributed by atoms with E-state index in [0.29, 0.717) is 6.54 Å². The number of aliphatic hydroxyl groups excluding tert-OH is 1. The van der Waals surface area contributed by atoms with E-state index in [0.717, 1.165) is 42.0 Å². The molecule has 1 aliphatic carbocycles. The number of aliphatic hydroxyl groups is 1. The molecular weight excluding hydrogens is 302 g/mol. The van der Waals surface area contributed by atoms with Gasteiger partial charge >= 0.3 is 0 Å². The maximum absolute atomic E-state index is 10.7. The molecular formula is C20H25NO3. The van der Waals surface area contributed by atoms with Gasteiger partial charge in [0.1, 0.15) is 11.5 Å². The maximum atomic E-state index is 10.7. The van der Waals surface area contributed by atoms with Crippen LogP contribution in [0.1, 0.15) is 30.1 Å². The van der Waals surface area contributed by atoms with Crippen LogP contribution in [0.2, 0.25) is 0 Å². The standard InChI is InChI=1S/C20H25NO3/c1-23-17-9-8-16(18(12-17)24-2)13-21-14-20(10-11-20)19(22)15-6-4-3-5-7-15/h3-9,12,19,21-22H,10-11,13-14H2,1-2H3. The van der Waals surface area contributed by atoms with Gasteiger partial charge < -0.3 is 19.9 Å². The molecule has 0 spiro atoms. The molecule has 24 heavy (non-hydrogen) atoms. The SMILES string of the molecule is COc1ccc(CNCC2(C(O)c3ccccc3)CC2)c(OC)c1. The molecule has 1 fully saturated rings. The van der Waals surface area contributed by atoms with Crippen LogP contribution in [-0.2, 0) is 6.54 Å². The minimum Gasteiger partial charge on any atom is -0.497 e. The number of hydrogen-bond acceptors (Lipinski definition) is 4. The first-order chi connectivity index (χ1) is 11.7. The molecule has 1 aliphatic rings. The van der Waals surface area contributed by atoms with Crippen LogP contribution in [0.15, 0.2) is 48.5 Å². The summed E-state index contributed by atoms with van der Waals surface area (Å²) in [5, 5.41) is 14.2. The Morgan fingerprint density at radius 3 is 2.46 bits per heavy atom. The average molecular weight is 327 g/mol. The molecule has 0 saturated heterocycles. The summed E-state index contributed by atoms with van der Waals surface area (Å²) in [6.07, 6.45) is 1.69. The summed E-state index contributed by atoms with van der Waals surface area (Å²) >= 11 is 0. The van der Waals surface area contributed by atoms with E-state index in [1.807, 2.05) is 48.5 Å². The van der Waals surface area contributed by atoms with Gasteiger partial charge in [-0.2, -0.15) is 0 Å². The van der Waals surface area contributed by atoms with Crippen molar-refractivity contribution >= 4 is 0 Å². The first-order valence-corrected chi connectivity index (χ1v) is 8.33. The summed E-state index contributed by atoms with van der Waals surface area (Å²) in [5.74, 6) is 1.60. The lowest BCUT2D eigenvalue weighted by atomic mass is 9.92. The monoisotopic (exact) mass is 327 g/mol. The number of methoxy groups -OCH3 is 2. The van der Waals surface area contributed by atoms with Crippen molar-refractivity contribution in [2.45, 2.75) is 25.5 Å². The first-order valence-electron chi connectivity index (χ1n) is 8.33. The van der Waals surface area contributed by atoms with Crippen LogP contribution in [0, 0.1) is 5.41 Å². The summed E-state index contributed by atoms with van der Waals surface area (Å²) in [4.78, 5) is 0. The third-order valence-corrected chi connectivity index (χ3v) is 4.87. The smallest absolute Gasteiger partial charge is 0.127 e. The van der Waals surface area contributed by atoms with Crippen LogP contribution < -0.4 is 14.8 Å². The Labute approximate surface area is 143 Å². The van der Waals surface area contributed by atoms with Crippen LogP contribution in [0.5, 0.6) is 11.5 Å². The quantitative estimate of drug-likeness (QED) is 0.781. The number of nitrogens with one attached hydrogen (secondary N) is 1. The molecule has 0 heterocycles. The van der Waals surface area contributed by atoms with Crippen molar-refractivity contribution in [2.75, 3.05) is 20.8 Å². The van der Waals surface area contributed by atoms with Gasteiger partial charge in [-0.1, -0.05) is 36.4 Å². The second-order valence-corrected chi connectivity index (χ2v) is 6.46. The van der Waals surface area contributed by atoms with Gasteiger partial charge in [-0.25, -0.2) is 0 Å². The Morgan fingerprint density at radius 2 is 1.83 bits per heavy atom. The summed E-state index contributed by atoms with van der Waals surface area (Å²) in [6.45, 7) is 1.49. The molecule has 2 aromatic carbocycles. The fourth-order valence-electron chi connectivity index (χ4n) is 3.14. The molecule has 0 radical (unpaired) electrons. The van der Waals surface area contributed by atoms with Crippen LogP contribution in [0.25, 0.3) is 0 Å². The van der Waals surface area contributed by atoms with Gasteiger partial charge in [-0.3, -0.25) is 0 Å². The molecule has 0 aliphatic heterocycles. The first kappa shape index (κ1) is 16.8. The van der Waals surface area contributed by atoms with E-state index in [4.69, 9.17) is 9.47 Å². The Bertz CT molecular complexity index is 668. The van der Waals surface area contributed by atoms with E-state index in [-0.39, 0.29) is 5.41 Å². The van der Waals surface area contributed by atoms with E-state index < -0.39 is 6.10 Å². The van der Waals surface area contributed by atoms with E-state index in [1.54, 1.807) is 14.2 Å². The molecule has 0 amide bonds. The molecule has 1 atom stereocenters. The van der Waals surface area contributed by atoms with Gasteiger partial charge in [0, 0.05) is 30.1 Å². The van der Waals surface area contributed by atoms with Gasteiger partial charge in [0.05, 0.1) is 20.3 Å². The Kier molecular flexibility index (Phi) is 5.07. The van der Waals surface area contributed by atoms with Crippen molar-refractivity contribution in [1.82, 2.24) is 5.32 Å². The van der Waals surface area contributed by atoms with Crippen molar-refractivity contribution < 1.29 is 14.6 Å². The lowest BCUT2D eigenvalue weighted by Gasteiger charge is -2.23. The highest BCUT2D eigenvalue weighted by molar-refractivity contribution is 5.40. The maximum Gasteiger partial charge on any atom is 0.127 e. The van der Waals surface area contributed by atoms with Crippen LogP contribution in [0.3, 0.4) is 0 Å². The van der Waals surface area contributed by atoms with Gasteiger partial charge in [-0.15, -0.1) is 0 Å². The molecule has 2 aromatic rings. The Morgan fingerprint density at radius 1 is 1.08 bits per heavy atom. The highest BCUT2D eigenvalue weighted by atomic mass is 16.5. The zero-order chi connectivity index (χ0) is 17.0. The molecule has 128 valence electrons. The van der Waals surface area contributed by atoms with Crippen molar-refractivity contribution in [1.29, 1.82) is 0 Å². The van der Waals surface area contributed by atoms with Gasteiger partial charge in [0.2, 0.25) is 0 Å². The fourth-order valence-corrected chi connectivity index (χ4v) is 3.14. The molecule has 4 heteroatoms. The molecule has 0 bridgehead atoms. The highest BCUT2D eigenvalue weighted by Crippen LogP contribution is 2.54. The van der Waals surface area contributed by atoms with Gasteiger partial charge in [-0.05, 0) is 24.5 Å². The zero-order valence-electron chi connectivity index (χ0n) is 14.3. The largest absolute Gasteiger partial charge is 0.497 e. The Hall–Kier alpha value is -2.04. The predicted molar refractivity (Wildman–Crippen MR) is 94.3 cm³/mol. The van der Waals surface area contributed by atoms with Crippen LogP contribution >= 0.6 is 0 Å². The highest BCUT2D eigenvalue weighted by Gasteiger charge is 2.48. The molecule has 0 aromatic heterocycles. The fraction of sp³-hybridized carbons (Fsp3) is 0.400. The lowest BCUT2D eigenvalue weighted by molar-refractivity contribution is 0.0917. The lowest BCUT2D eigenvalue weighted by Crippen LogP contribution is -2.28. The van der Waals surface area contributed by atoms with Gasteiger partial charge in [0.15, 0.2) is 0 Å². The molecule has 3 rings (SSSR count). The van der Waals surface area contributed by atoms with Crippen molar-refractivity contribution in [2.24, 2.45) is 5.41 Å². The minimum absolute atomic E-state index is 0.0406. The van der Waals surface area contributed by atoms with Crippen LogP contribution in [0.4, 0.5) is 0 Å². The summed E-state index contributed by atoms with van der Waals surface area (Å²) in [5.41, 5.74) is 2.04. The summed E-state index contributed by atoms with van der Waals surface area (Å²) in [6, 6.07) is 15.8. The van der Waals surface area contributed by atoms with Crippen molar-refractivity contribution in [3.63, 3.8) is 0 Å². The third-order valence-electron chi connectivity index (χ3n) is 4.87. The second-order valence-electron chi connectivity index (χ2n) is 6.46. The molecule has 1 saturated carbocycles. The normalized spacial score (nSPS) is 16.5. The van der Waals surface area contributed by atoms with E-state index >= 15 is 0 Å². The molecule has 4 nitrogen and oxygen atoms in total. The summed E-state index contributed by atoms with van der Waals surface area (Å²) < 4.78 is 10.7. The Balaban J connectivity index is 1.60. The van der Waals surface area contributed by atoms with Gasteiger partial charge in [0.25, 0.3) is 0 Å². The van der Waals surface area contributed by atoms with Crippen LogP contribution in [-0.4, -0.2) is 25.9 Å². The van der Waals surface area contributed by atoms with E-state index in [9.17, 15) is 5.11 Å². The topological polar surface area (TPSA) is 50.7 Å². The number of ether oxygens (including phenoxy) is 2. The average Bonchev–Trinajstić information content (AvgIpc) is 3.43.